The second-order valence-corrected chi connectivity index (χ2v) is 6.66. The summed E-state index contributed by atoms with van der Waals surface area (Å²) >= 11 is 0. The number of alkyl halides is 3. The van der Waals surface area contributed by atoms with E-state index < -0.39 is 11.9 Å². The third kappa shape index (κ3) is 2.89. The molecule has 4 heterocycles. The van der Waals surface area contributed by atoms with Gasteiger partial charge < -0.3 is 9.47 Å². The lowest BCUT2D eigenvalue weighted by atomic mass is 9.96. The van der Waals surface area contributed by atoms with E-state index in [1.165, 1.54) is 6.07 Å². The van der Waals surface area contributed by atoms with E-state index in [2.05, 4.69) is 14.5 Å². The zero-order valence-electron chi connectivity index (χ0n) is 13.4. The fourth-order valence-electron chi connectivity index (χ4n) is 4.05. The highest BCUT2D eigenvalue weighted by molar-refractivity contribution is 5.94. The summed E-state index contributed by atoms with van der Waals surface area (Å²) in [4.78, 5) is 22.1. The average Bonchev–Trinajstić information content (AvgIpc) is 3.20. The Morgan fingerprint density at radius 3 is 2.36 bits per heavy atom. The van der Waals surface area contributed by atoms with Gasteiger partial charge in [-0.2, -0.15) is 13.2 Å². The Kier molecular flexibility index (Phi) is 3.77. The van der Waals surface area contributed by atoms with Gasteiger partial charge in [-0.15, -0.1) is 0 Å². The summed E-state index contributed by atoms with van der Waals surface area (Å²) in [7, 11) is 0. The van der Waals surface area contributed by atoms with E-state index in [1.54, 1.807) is 12.5 Å². The Balaban J connectivity index is 1.52. The van der Waals surface area contributed by atoms with Crippen LogP contribution in [0.25, 0.3) is 0 Å². The molecule has 0 spiro atoms. The quantitative estimate of drug-likeness (QED) is 0.835. The monoisotopic (exact) mass is 350 g/mol. The van der Waals surface area contributed by atoms with E-state index in [4.69, 9.17) is 0 Å². The molecule has 1 amide bonds. The van der Waals surface area contributed by atoms with Gasteiger partial charge in [0.05, 0.1) is 11.9 Å². The fraction of sp³-hybridized carbons (Fsp3) is 0.471. The molecule has 2 aliphatic heterocycles. The van der Waals surface area contributed by atoms with Gasteiger partial charge in [0.25, 0.3) is 5.91 Å². The Morgan fingerprint density at radius 1 is 1.12 bits per heavy atom. The highest BCUT2D eigenvalue weighted by Gasteiger charge is 2.44. The number of rotatable bonds is 2. The smallest absolute Gasteiger partial charge is 0.334 e. The molecule has 0 radical (unpaired) electrons. The summed E-state index contributed by atoms with van der Waals surface area (Å²) in [5.74, 6) is -0.224. The Bertz CT molecular complexity index is 743. The molecule has 4 rings (SSSR count). The topological polar surface area (TPSA) is 51.0 Å². The van der Waals surface area contributed by atoms with Crippen molar-refractivity contribution in [1.29, 1.82) is 0 Å². The lowest BCUT2D eigenvalue weighted by molar-refractivity contribution is -0.141. The molecule has 2 saturated heterocycles. The molecule has 0 saturated carbocycles. The number of pyridine rings is 1. The van der Waals surface area contributed by atoms with Crippen molar-refractivity contribution in [1.82, 2.24) is 19.4 Å². The minimum absolute atomic E-state index is 0.112. The van der Waals surface area contributed by atoms with Crippen LogP contribution in [0.4, 0.5) is 13.2 Å². The summed E-state index contributed by atoms with van der Waals surface area (Å²) in [5, 5.41) is 0. The van der Waals surface area contributed by atoms with Crippen molar-refractivity contribution in [2.24, 2.45) is 0 Å². The summed E-state index contributed by atoms with van der Waals surface area (Å²) in [5.41, 5.74) is -0.767. The summed E-state index contributed by atoms with van der Waals surface area (Å²) in [6.45, 7) is 0. The predicted molar refractivity (Wildman–Crippen MR) is 82.7 cm³/mol. The maximum Gasteiger partial charge on any atom is 0.433 e. The molecule has 5 nitrogen and oxygen atoms in total. The molecule has 0 aromatic carbocycles. The number of hydrogen-bond acceptors (Lipinski definition) is 3. The maximum atomic E-state index is 12.8. The molecule has 132 valence electrons. The third-order valence-corrected chi connectivity index (χ3v) is 5.19. The molecule has 2 bridgehead atoms. The maximum absolute atomic E-state index is 12.8. The van der Waals surface area contributed by atoms with Gasteiger partial charge in [-0.25, -0.2) is 4.98 Å². The molecule has 2 fully saturated rings. The van der Waals surface area contributed by atoms with Gasteiger partial charge in [-0.05, 0) is 37.8 Å². The van der Waals surface area contributed by atoms with Crippen LogP contribution in [0.3, 0.4) is 0 Å². The molecule has 25 heavy (non-hydrogen) atoms. The zero-order valence-corrected chi connectivity index (χ0v) is 13.4. The van der Waals surface area contributed by atoms with Crippen LogP contribution in [-0.2, 0) is 6.18 Å². The van der Waals surface area contributed by atoms with E-state index in [-0.39, 0.29) is 23.6 Å². The van der Waals surface area contributed by atoms with Gasteiger partial charge >= 0.3 is 6.18 Å². The van der Waals surface area contributed by atoms with Gasteiger partial charge in [0, 0.05) is 36.7 Å². The normalized spacial score (nSPS) is 26.0. The minimum atomic E-state index is -4.50. The molecule has 2 unspecified atom stereocenters. The number of fused-ring (bicyclic) bond motifs is 2. The second kappa shape index (κ2) is 5.86. The van der Waals surface area contributed by atoms with E-state index in [1.807, 2.05) is 11.1 Å². The van der Waals surface area contributed by atoms with Crippen LogP contribution in [0.5, 0.6) is 0 Å². The van der Waals surface area contributed by atoms with Crippen molar-refractivity contribution >= 4 is 5.91 Å². The number of piperidine rings is 1. The van der Waals surface area contributed by atoms with Crippen molar-refractivity contribution in [3.05, 3.63) is 48.3 Å². The number of aromatic nitrogens is 3. The van der Waals surface area contributed by atoms with Crippen molar-refractivity contribution in [2.75, 3.05) is 0 Å². The van der Waals surface area contributed by atoms with Gasteiger partial charge in [-0.1, -0.05) is 0 Å². The first-order chi connectivity index (χ1) is 11.9. The molecular weight excluding hydrogens is 333 g/mol. The molecule has 0 N–H and O–H groups in total. The number of imidazole rings is 1. The van der Waals surface area contributed by atoms with Gasteiger partial charge in [0.2, 0.25) is 0 Å². The number of carbonyl (C=O) groups is 1. The Morgan fingerprint density at radius 2 is 1.84 bits per heavy atom. The summed E-state index contributed by atoms with van der Waals surface area (Å²) < 4.78 is 39.9. The zero-order chi connectivity index (χ0) is 17.6. The standard InChI is InChI=1S/C17H17F3N4O/c18-17(19,20)15-4-1-11(9-22-15)16(25)24-12-2-3-13(24)8-14(7-12)23-6-5-21-10-23/h1,4-6,9-10,12-14H,2-3,7-8H2. The van der Waals surface area contributed by atoms with Crippen molar-refractivity contribution in [3.63, 3.8) is 0 Å². The SMILES string of the molecule is O=C(c1ccc(C(F)(F)F)nc1)N1C2CCC1CC(n1ccnc1)C2. The molecule has 2 aromatic rings. The fourth-order valence-corrected chi connectivity index (χ4v) is 4.05. The predicted octanol–water partition coefficient (Wildman–Crippen LogP) is 3.31. The molecule has 8 heteroatoms. The average molecular weight is 350 g/mol. The van der Waals surface area contributed by atoms with Gasteiger partial charge in [0.15, 0.2) is 0 Å². The van der Waals surface area contributed by atoms with Crippen molar-refractivity contribution in [3.8, 4) is 0 Å². The number of carbonyl (C=O) groups excluding carboxylic acids is 1. The van der Waals surface area contributed by atoms with Crippen LogP contribution in [0, 0.1) is 0 Å². The second-order valence-electron chi connectivity index (χ2n) is 6.66. The van der Waals surface area contributed by atoms with Crippen LogP contribution >= 0.6 is 0 Å². The van der Waals surface area contributed by atoms with E-state index in [0.717, 1.165) is 37.9 Å². The van der Waals surface area contributed by atoms with Crippen LogP contribution in [0.1, 0.15) is 47.8 Å². The molecular formula is C17H17F3N4O. The Hall–Kier alpha value is -2.38. The third-order valence-electron chi connectivity index (χ3n) is 5.19. The summed E-state index contributed by atoms with van der Waals surface area (Å²) in [6, 6.07) is 2.63. The van der Waals surface area contributed by atoms with E-state index in [9.17, 15) is 18.0 Å². The first-order valence-electron chi connectivity index (χ1n) is 8.27. The highest BCUT2D eigenvalue weighted by atomic mass is 19.4. The lowest BCUT2D eigenvalue weighted by Crippen LogP contribution is -2.46. The van der Waals surface area contributed by atoms with Crippen molar-refractivity contribution < 1.29 is 18.0 Å². The minimum Gasteiger partial charge on any atom is -0.334 e. The highest BCUT2D eigenvalue weighted by Crippen LogP contribution is 2.41. The Labute approximate surface area is 142 Å². The van der Waals surface area contributed by atoms with Gasteiger partial charge in [-0.3, -0.25) is 9.78 Å². The number of amides is 1. The number of hydrogen-bond donors (Lipinski definition) is 0. The van der Waals surface area contributed by atoms with Crippen LogP contribution in [0.2, 0.25) is 0 Å². The van der Waals surface area contributed by atoms with Crippen LogP contribution in [-0.4, -0.2) is 37.4 Å². The van der Waals surface area contributed by atoms with E-state index >= 15 is 0 Å². The van der Waals surface area contributed by atoms with E-state index in [0.29, 0.717) is 6.04 Å². The summed E-state index contributed by atoms with van der Waals surface area (Å²) in [6.07, 6.45) is 5.54. The first kappa shape index (κ1) is 16.1. The molecule has 2 atom stereocenters. The number of nitrogens with zero attached hydrogens (tertiary/aromatic N) is 4. The first-order valence-corrected chi connectivity index (χ1v) is 8.27. The lowest BCUT2D eigenvalue weighted by Gasteiger charge is -2.39. The molecule has 2 aromatic heterocycles. The van der Waals surface area contributed by atoms with Crippen molar-refractivity contribution in [2.45, 2.75) is 50.0 Å². The van der Waals surface area contributed by atoms with Crippen LogP contribution in [0.15, 0.2) is 37.1 Å². The number of halogens is 3. The van der Waals surface area contributed by atoms with Crippen LogP contribution < -0.4 is 0 Å². The largest absolute Gasteiger partial charge is 0.433 e. The van der Waals surface area contributed by atoms with Gasteiger partial charge in [0.1, 0.15) is 5.69 Å². The molecule has 0 aliphatic carbocycles. The molecule has 2 aliphatic rings.